The molecule has 5 nitrogen and oxygen atoms in total. The van der Waals surface area contributed by atoms with Gasteiger partial charge < -0.3 is 14.1 Å². The molecule has 0 aliphatic carbocycles. The van der Waals surface area contributed by atoms with Gasteiger partial charge in [-0.15, -0.1) is 0 Å². The number of hydrogen-bond acceptors (Lipinski definition) is 4. The molecule has 1 saturated heterocycles. The highest BCUT2D eigenvalue weighted by Crippen LogP contribution is 2.28. The number of carbonyl (C=O) groups is 1. The van der Waals surface area contributed by atoms with Crippen molar-refractivity contribution >= 4 is 5.91 Å². The maximum absolute atomic E-state index is 13.4. The van der Waals surface area contributed by atoms with E-state index in [0.717, 1.165) is 35.5 Å². The van der Waals surface area contributed by atoms with E-state index in [4.69, 9.17) is 9.15 Å². The second-order valence-electron chi connectivity index (χ2n) is 8.95. The summed E-state index contributed by atoms with van der Waals surface area (Å²) in [5.41, 5.74) is 3.24. The van der Waals surface area contributed by atoms with Crippen LogP contribution in [-0.4, -0.2) is 41.9 Å². The molecule has 0 saturated carbocycles. The number of aryl methyl sites for hydroxylation is 1. The number of halogens is 1. The summed E-state index contributed by atoms with van der Waals surface area (Å²) in [5.74, 6) is 1.84. The van der Waals surface area contributed by atoms with Gasteiger partial charge in [-0.2, -0.15) is 0 Å². The summed E-state index contributed by atoms with van der Waals surface area (Å²) in [6, 6.07) is 16.4. The van der Waals surface area contributed by atoms with Crippen molar-refractivity contribution in [3.63, 3.8) is 0 Å². The molecular formula is C27H31FN2O3. The third kappa shape index (κ3) is 5.82. The molecule has 1 aliphatic heterocycles. The third-order valence-electron chi connectivity index (χ3n) is 5.99. The van der Waals surface area contributed by atoms with E-state index in [9.17, 15) is 9.18 Å². The van der Waals surface area contributed by atoms with Crippen LogP contribution < -0.4 is 4.74 Å². The molecular weight excluding hydrogens is 419 g/mol. The highest BCUT2D eigenvalue weighted by Gasteiger charge is 2.24. The Morgan fingerprint density at radius 1 is 1.06 bits per heavy atom. The maximum Gasteiger partial charge on any atom is 0.289 e. The number of amides is 1. The van der Waals surface area contributed by atoms with Gasteiger partial charge in [0.15, 0.2) is 5.76 Å². The lowest BCUT2D eigenvalue weighted by molar-refractivity contribution is 0.0594. The van der Waals surface area contributed by atoms with Gasteiger partial charge in [0.1, 0.15) is 23.9 Å². The number of benzene rings is 2. The molecule has 1 amide bonds. The van der Waals surface area contributed by atoms with Gasteiger partial charge in [0.05, 0.1) is 0 Å². The first-order chi connectivity index (χ1) is 15.9. The Hall–Kier alpha value is -3.12. The average molecular weight is 451 g/mol. The molecule has 0 N–H and O–H groups in total. The minimum Gasteiger partial charge on any atom is -0.485 e. The normalized spacial score (nSPS) is 14.6. The fourth-order valence-corrected chi connectivity index (χ4v) is 4.12. The molecule has 4 rings (SSSR count). The molecule has 1 aliphatic rings. The third-order valence-corrected chi connectivity index (χ3v) is 5.99. The summed E-state index contributed by atoms with van der Waals surface area (Å²) < 4.78 is 25.3. The van der Waals surface area contributed by atoms with Gasteiger partial charge in [0.2, 0.25) is 0 Å². The molecule has 2 aromatic carbocycles. The molecule has 0 atom stereocenters. The first-order valence-electron chi connectivity index (χ1n) is 11.5. The van der Waals surface area contributed by atoms with Crippen LogP contribution in [-0.2, 0) is 13.2 Å². The Labute approximate surface area is 194 Å². The molecule has 0 radical (unpaired) electrons. The molecule has 2 heterocycles. The zero-order valence-electron chi connectivity index (χ0n) is 19.5. The Morgan fingerprint density at radius 3 is 2.58 bits per heavy atom. The standard InChI is InChI=1S/C27H31FN2O3/c1-19(2)24-9-7-20(3)15-26(24)32-18-23-8-10-25(33-23)27(31)30-13-11-29(12-14-30)17-21-5-4-6-22(28)16-21/h4-10,15-16,19H,11-14,17-18H2,1-3H3. The zero-order chi connectivity index (χ0) is 23.4. The van der Waals surface area contributed by atoms with Gasteiger partial charge in [-0.05, 0) is 59.9 Å². The number of nitrogens with zero attached hydrogens (tertiary/aromatic N) is 2. The molecule has 1 aromatic heterocycles. The Bertz CT molecular complexity index is 1100. The predicted molar refractivity (Wildman–Crippen MR) is 126 cm³/mol. The van der Waals surface area contributed by atoms with Crippen LogP contribution >= 0.6 is 0 Å². The second-order valence-corrected chi connectivity index (χ2v) is 8.95. The number of rotatable bonds is 7. The number of hydrogen-bond donors (Lipinski definition) is 0. The lowest BCUT2D eigenvalue weighted by atomic mass is 10.0. The summed E-state index contributed by atoms with van der Waals surface area (Å²) in [6.07, 6.45) is 0. The van der Waals surface area contributed by atoms with E-state index in [-0.39, 0.29) is 18.3 Å². The van der Waals surface area contributed by atoms with Crippen LogP contribution in [0.2, 0.25) is 0 Å². The number of piperazine rings is 1. The van der Waals surface area contributed by atoms with Gasteiger partial charge in [0.25, 0.3) is 5.91 Å². The van der Waals surface area contributed by atoms with Gasteiger partial charge in [-0.25, -0.2) is 4.39 Å². The molecule has 0 spiro atoms. The monoisotopic (exact) mass is 450 g/mol. The number of carbonyl (C=O) groups excluding carboxylic acids is 1. The molecule has 0 unspecified atom stereocenters. The molecule has 33 heavy (non-hydrogen) atoms. The van der Waals surface area contributed by atoms with Gasteiger partial charge in [-0.3, -0.25) is 9.69 Å². The second kappa shape index (κ2) is 10.2. The minimum absolute atomic E-state index is 0.106. The highest BCUT2D eigenvalue weighted by molar-refractivity contribution is 5.91. The van der Waals surface area contributed by atoms with E-state index >= 15 is 0 Å². The largest absolute Gasteiger partial charge is 0.485 e. The van der Waals surface area contributed by atoms with Crippen molar-refractivity contribution in [2.24, 2.45) is 0 Å². The summed E-state index contributed by atoms with van der Waals surface area (Å²) >= 11 is 0. The van der Waals surface area contributed by atoms with E-state index in [2.05, 4.69) is 30.9 Å². The fourth-order valence-electron chi connectivity index (χ4n) is 4.12. The van der Waals surface area contributed by atoms with Gasteiger partial charge >= 0.3 is 0 Å². The number of furan rings is 1. The average Bonchev–Trinajstić information content (AvgIpc) is 3.27. The van der Waals surface area contributed by atoms with Crippen LogP contribution in [0, 0.1) is 12.7 Å². The van der Waals surface area contributed by atoms with Gasteiger partial charge in [-0.1, -0.05) is 38.1 Å². The predicted octanol–water partition coefficient (Wildman–Crippen LogP) is 5.39. The fraction of sp³-hybridized carbons (Fsp3) is 0.370. The van der Waals surface area contributed by atoms with E-state index in [1.807, 2.05) is 24.0 Å². The van der Waals surface area contributed by atoms with Crippen molar-refractivity contribution in [3.8, 4) is 5.75 Å². The van der Waals surface area contributed by atoms with Crippen molar-refractivity contribution in [3.05, 3.63) is 88.6 Å². The number of ether oxygens (including phenoxy) is 1. The lowest BCUT2D eigenvalue weighted by Gasteiger charge is -2.34. The van der Waals surface area contributed by atoms with Crippen molar-refractivity contribution in [1.29, 1.82) is 0 Å². The maximum atomic E-state index is 13.4. The van der Waals surface area contributed by atoms with Crippen LogP contribution in [0.5, 0.6) is 5.75 Å². The van der Waals surface area contributed by atoms with E-state index in [1.54, 1.807) is 24.3 Å². The van der Waals surface area contributed by atoms with Crippen LogP contribution in [0.4, 0.5) is 4.39 Å². The highest BCUT2D eigenvalue weighted by atomic mass is 19.1. The summed E-state index contributed by atoms with van der Waals surface area (Å²) in [5, 5.41) is 0. The summed E-state index contributed by atoms with van der Waals surface area (Å²) in [7, 11) is 0. The van der Waals surface area contributed by atoms with Crippen LogP contribution in [0.1, 0.15) is 52.8 Å². The quantitative estimate of drug-likeness (QED) is 0.484. The van der Waals surface area contributed by atoms with Crippen LogP contribution in [0.3, 0.4) is 0 Å². The van der Waals surface area contributed by atoms with Gasteiger partial charge in [0, 0.05) is 32.7 Å². The Kier molecular flexibility index (Phi) is 7.14. The lowest BCUT2D eigenvalue weighted by Crippen LogP contribution is -2.48. The Morgan fingerprint density at radius 2 is 1.85 bits per heavy atom. The first kappa shape index (κ1) is 23.1. The molecule has 6 heteroatoms. The Balaban J connectivity index is 1.31. The van der Waals surface area contributed by atoms with E-state index in [1.165, 1.54) is 6.07 Å². The smallest absolute Gasteiger partial charge is 0.289 e. The SMILES string of the molecule is Cc1ccc(C(C)C)c(OCc2ccc(C(=O)N3CCN(Cc4cccc(F)c4)CC3)o2)c1. The van der Waals surface area contributed by atoms with E-state index in [0.29, 0.717) is 37.1 Å². The first-order valence-corrected chi connectivity index (χ1v) is 11.5. The summed E-state index contributed by atoms with van der Waals surface area (Å²) in [6.45, 7) is 9.98. The topological polar surface area (TPSA) is 45.9 Å². The summed E-state index contributed by atoms with van der Waals surface area (Å²) in [4.78, 5) is 16.9. The molecule has 0 bridgehead atoms. The van der Waals surface area contributed by atoms with E-state index < -0.39 is 0 Å². The van der Waals surface area contributed by atoms with Crippen LogP contribution in [0.25, 0.3) is 0 Å². The van der Waals surface area contributed by atoms with Crippen molar-refractivity contribution in [1.82, 2.24) is 9.80 Å². The zero-order valence-corrected chi connectivity index (χ0v) is 19.5. The van der Waals surface area contributed by atoms with Crippen molar-refractivity contribution in [2.75, 3.05) is 26.2 Å². The minimum atomic E-state index is -0.221. The van der Waals surface area contributed by atoms with Crippen LogP contribution in [0.15, 0.2) is 59.0 Å². The van der Waals surface area contributed by atoms with Crippen molar-refractivity contribution in [2.45, 2.75) is 39.8 Å². The molecule has 3 aromatic rings. The molecule has 1 fully saturated rings. The molecule has 174 valence electrons. The van der Waals surface area contributed by atoms with Crippen molar-refractivity contribution < 1.29 is 18.3 Å².